The topological polar surface area (TPSA) is 62.2 Å². The molecule has 5 heteroatoms. The van der Waals surface area contributed by atoms with Crippen LogP contribution in [0.5, 0.6) is 0 Å². The van der Waals surface area contributed by atoms with Gasteiger partial charge < -0.3 is 10.4 Å². The number of carbonyl (C=O) groups excluding carboxylic acids is 1. The molecule has 4 nitrogen and oxygen atoms in total. The highest BCUT2D eigenvalue weighted by Crippen LogP contribution is 2.13. The Labute approximate surface area is 127 Å². The van der Waals surface area contributed by atoms with Crippen molar-refractivity contribution in [3.05, 3.63) is 51.5 Å². The first-order valence-corrected chi connectivity index (χ1v) is 7.46. The maximum Gasteiger partial charge on any atom is 0.263 e. The summed E-state index contributed by atoms with van der Waals surface area (Å²) in [6.07, 6.45) is 0.445. The number of aliphatic hydroxyl groups is 1. The van der Waals surface area contributed by atoms with Crippen molar-refractivity contribution >= 4 is 17.2 Å². The highest BCUT2D eigenvalue weighted by Gasteiger charge is 2.11. The Kier molecular flexibility index (Phi) is 5.50. The van der Waals surface area contributed by atoms with Gasteiger partial charge in [-0.1, -0.05) is 30.0 Å². The van der Waals surface area contributed by atoms with Gasteiger partial charge in [0.25, 0.3) is 5.91 Å². The molecule has 0 aliphatic heterocycles. The van der Waals surface area contributed by atoms with E-state index in [0.717, 1.165) is 16.8 Å². The summed E-state index contributed by atoms with van der Waals surface area (Å²) >= 11 is 1.33. The number of thiazole rings is 1. The van der Waals surface area contributed by atoms with Gasteiger partial charge in [-0.25, -0.2) is 4.98 Å². The molecule has 2 N–H and O–H groups in total. The molecule has 0 spiro atoms. The standard InChI is InChI=1S/C16H16N2O2S/c1-12-15(21-11-18-12)16(20)17-10-14-8-3-2-6-13(14)7-4-5-9-19/h2-3,6,8,11,19H,5,9-10H2,1H3,(H,17,20). The lowest BCUT2D eigenvalue weighted by Gasteiger charge is -2.06. The monoisotopic (exact) mass is 300 g/mol. The lowest BCUT2D eigenvalue weighted by Crippen LogP contribution is -2.23. The molecule has 2 aromatic rings. The van der Waals surface area contributed by atoms with Crippen LogP contribution < -0.4 is 5.32 Å². The maximum absolute atomic E-state index is 12.1. The summed E-state index contributed by atoms with van der Waals surface area (Å²) in [7, 11) is 0. The summed E-state index contributed by atoms with van der Waals surface area (Å²) in [5, 5.41) is 11.6. The zero-order valence-corrected chi connectivity index (χ0v) is 12.5. The first-order valence-electron chi connectivity index (χ1n) is 6.58. The second-order valence-corrected chi connectivity index (χ2v) is 5.24. The summed E-state index contributed by atoms with van der Waals surface area (Å²) in [5.74, 6) is 5.79. The van der Waals surface area contributed by atoms with Gasteiger partial charge in [-0.2, -0.15) is 0 Å². The van der Waals surface area contributed by atoms with Crippen LogP contribution in [0.3, 0.4) is 0 Å². The van der Waals surface area contributed by atoms with Crippen molar-refractivity contribution in [1.29, 1.82) is 0 Å². The minimum atomic E-state index is -0.117. The molecule has 0 aliphatic rings. The highest BCUT2D eigenvalue weighted by molar-refractivity contribution is 7.11. The van der Waals surface area contributed by atoms with E-state index in [1.54, 1.807) is 5.51 Å². The van der Waals surface area contributed by atoms with Crippen LogP contribution in [0, 0.1) is 18.8 Å². The SMILES string of the molecule is Cc1ncsc1C(=O)NCc1ccccc1C#CCCO. The number of aromatic nitrogens is 1. The van der Waals surface area contributed by atoms with Crippen molar-refractivity contribution < 1.29 is 9.90 Å². The molecule has 1 amide bonds. The second kappa shape index (κ2) is 7.58. The van der Waals surface area contributed by atoms with E-state index < -0.39 is 0 Å². The lowest BCUT2D eigenvalue weighted by atomic mass is 10.1. The Balaban J connectivity index is 2.05. The molecule has 1 aromatic heterocycles. The predicted octanol–water partition coefficient (Wildman–Crippen LogP) is 2.12. The number of aliphatic hydroxyl groups excluding tert-OH is 1. The molecular formula is C16H16N2O2S. The van der Waals surface area contributed by atoms with E-state index >= 15 is 0 Å². The normalized spacial score (nSPS) is 9.81. The van der Waals surface area contributed by atoms with Gasteiger partial charge in [0.05, 0.1) is 17.8 Å². The van der Waals surface area contributed by atoms with Gasteiger partial charge in [-0.05, 0) is 18.6 Å². The summed E-state index contributed by atoms with van der Waals surface area (Å²) in [4.78, 5) is 16.8. The van der Waals surface area contributed by atoms with E-state index in [-0.39, 0.29) is 12.5 Å². The van der Waals surface area contributed by atoms with Gasteiger partial charge in [-0.15, -0.1) is 11.3 Å². The van der Waals surface area contributed by atoms with Crippen LogP contribution in [-0.4, -0.2) is 22.6 Å². The van der Waals surface area contributed by atoms with Gasteiger partial charge in [0, 0.05) is 18.5 Å². The van der Waals surface area contributed by atoms with Gasteiger partial charge in [0.2, 0.25) is 0 Å². The fourth-order valence-electron chi connectivity index (χ4n) is 1.79. The molecule has 0 saturated carbocycles. The van der Waals surface area contributed by atoms with Crippen molar-refractivity contribution in [3.63, 3.8) is 0 Å². The van der Waals surface area contributed by atoms with E-state index in [4.69, 9.17) is 5.11 Å². The largest absolute Gasteiger partial charge is 0.395 e. The molecule has 1 aromatic carbocycles. The van der Waals surface area contributed by atoms with E-state index in [1.165, 1.54) is 11.3 Å². The highest BCUT2D eigenvalue weighted by atomic mass is 32.1. The molecule has 0 aliphatic carbocycles. The predicted molar refractivity (Wildman–Crippen MR) is 83.0 cm³/mol. The summed E-state index contributed by atoms with van der Waals surface area (Å²) in [5.41, 5.74) is 4.23. The fourth-order valence-corrected chi connectivity index (χ4v) is 2.50. The second-order valence-electron chi connectivity index (χ2n) is 4.38. The smallest absolute Gasteiger partial charge is 0.263 e. The first kappa shape index (κ1) is 15.2. The van der Waals surface area contributed by atoms with Crippen LogP contribution in [0.1, 0.15) is 32.9 Å². The van der Waals surface area contributed by atoms with Crippen molar-refractivity contribution in [2.75, 3.05) is 6.61 Å². The van der Waals surface area contributed by atoms with Crippen LogP contribution in [0.2, 0.25) is 0 Å². The van der Waals surface area contributed by atoms with E-state index in [2.05, 4.69) is 22.1 Å². The van der Waals surface area contributed by atoms with Gasteiger partial charge in [0.1, 0.15) is 4.88 Å². The van der Waals surface area contributed by atoms with E-state index in [0.29, 0.717) is 17.8 Å². The lowest BCUT2D eigenvalue weighted by molar-refractivity contribution is 0.0954. The van der Waals surface area contributed by atoms with Gasteiger partial charge >= 0.3 is 0 Å². The molecule has 1 heterocycles. The van der Waals surface area contributed by atoms with E-state index in [1.807, 2.05) is 31.2 Å². The molecule has 2 rings (SSSR count). The molecule has 0 atom stereocenters. The minimum absolute atomic E-state index is 0.0521. The average Bonchev–Trinajstić information content (AvgIpc) is 2.92. The maximum atomic E-state index is 12.1. The van der Waals surface area contributed by atoms with Crippen molar-refractivity contribution in [1.82, 2.24) is 10.3 Å². The number of nitrogens with zero attached hydrogens (tertiary/aromatic N) is 1. The molecule has 21 heavy (non-hydrogen) atoms. The Morgan fingerprint density at radius 1 is 1.43 bits per heavy atom. The number of hydrogen-bond acceptors (Lipinski definition) is 4. The molecular weight excluding hydrogens is 284 g/mol. The van der Waals surface area contributed by atoms with Crippen molar-refractivity contribution in [3.8, 4) is 11.8 Å². The Morgan fingerprint density at radius 2 is 2.24 bits per heavy atom. The molecule has 108 valence electrons. The number of nitrogens with one attached hydrogen (secondary N) is 1. The Hall–Kier alpha value is -2.16. The third kappa shape index (κ3) is 4.15. The van der Waals surface area contributed by atoms with Crippen LogP contribution in [0.15, 0.2) is 29.8 Å². The third-order valence-corrected chi connectivity index (χ3v) is 3.80. The molecule has 0 unspecified atom stereocenters. The molecule has 0 radical (unpaired) electrons. The number of rotatable bonds is 4. The number of amides is 1. The molecule has 0 fully saturated rings. The zero-order chi connectivity index (χ0) is 15.1. The average molecular weight is 300 g/mol. The van der Waals surface area contributed by atoms with Crippen molar-refractivity contribution in [2.45, 2.75) is 19.9 Å². The minimum Gasteiger partial charge on any atom is -0.395 e. The number of aryl methyl sites for hydroxylation is 1. The van der Waals surface area contributed by atoms with Gasteiger partial charge in [-0.3, -0.25) is 4.79 Å². The third-order valence-electron chi connectivity index (χ3n) is 2.87. The zero-order valence-electron chi connectivity index (χ0n) is 11.7. The molecule has 0 saturated heterocycles. The first-order chi connectivity index (χ1) is 10.2. The van der Waals surface area contributed by atoms with Crippen molar-refractivity contribution in [2.24, 2.45) is 0 Å². The summed E-state index contributed by atoms with van der Waals surface area (Å²) in [6.45, 7) is 2.29. The van der Waals surface area contributed by atoms with Crippen LogP contribution in [0.4, 0.5) is 0 Å². The number of carbonyl (C=O) groups is 1. The van der Waals surface area contributed by atoms with Crippen LogP contribution in [0.25, 0.3) is 0 Å². The number of benzene rings is 1. The van der Waals surface area contributed by atoms with Crippen LogP contribution >= 0.6 is 11.3 Å². The van der Waals surface area contributed by atoms with E-state index in [9.17, 15) is 4.79 Å². The quantitative estimate of drug-likeness (QED) is 0.850. The fraction of sp³-hybridized carbons (Fsp3) is 0.250. The summed E-state index contributed by atoms with van der Waals surface area (Å²) < 4.78 is 0. The summed E-state index contributed by atoms with van der Waals surface area (Å²) in [6, 6.07) is 7.66. The molecule has 0 bridgehead atoms. The van der Waals surface area contributed by atoms with Gasteiger partial charge in [0.15, 0.2) is 0 Å². The number of hydrogen-bond donors (Lipinski definition) is 2. The Bertz CT molecular complexity index is 683. The Morgan fingerprint density at radius 3 is 2.95 bits per heavy atom. The van der Waals surface area contributed by atoms with Crippen LogP contribution in [-0.2, 0) is 6.54 Å².